The normalized spacial score (nSPS) is 13.3. The zero-order chi connectivity index (χ0) is 15.8. The SMILES string of the molecule is Cc1cc(C(N)c2ccccc2C(F)(F)F)c(Cl)cc1F. The third kappa shape index (κ3) is 3.19. The molecule has 0 bridgehead atoms. The number of hydrogen-bond acceptors (Lipinski definition) is 1. The van der Waals surface area contributed by atoms with Crippen LogP contribution in [0.4, 0.5) is 17.6 Å². The summed E-state index contributed by atoms with van der Waals surface area (Å²) in [5.41, 5.74) is 5.53. The average Bonchev–Trinajstić information content (AvgIpc) is 2.41. The quantitative estimate of drug-likeness (QED) is 0.787. The summed E-state index contributed by atoms with van der Waals surface area (Å²) in [5, 5.41) is 0.00239. The fraction of sp³-hybridized carbons (Fsp3) is 0.200. The lowest BCUT2D eigenvalue weighted by atomic mass is 9.94. The van der Waals surface area contributed by atoms with Gasteiger partial charge in [-0.15, -0.1) is 0 Å². The standard InChI is InChI=1S/C15H12ClF4N/c1-8-6-10(12(16)7-13(8)17)14(21)9-4-2-3-5-11(9)15(18,19)20/h2-7,14H,21H2,1H3. The van der Waals surface area contributed by atoms with Gasteiger partial charge in [0.05, 0.1) is 11.6 Å². The van der Waals surface area contributed by atoms with E-state index in [1.165, 1.54) is 31.2 Å². The van der Waals surface area contributed by atoms with Crippen molar-refractivity contribution in [2.24, 2.45) is 5.73 Å². The maximum atomic E-state index is 13.4. The molecule has 0 amide bonds. The van der Waals surface area contributed by atoms with E-state index in [-0.39, 0.29) is 21.7 Å². The first kappa shape index (κ1) is 15.8. The summed E-state index contributed by atoms with van der Waals surface area (Å²) in [4.78, 5) is 0. The van der Waals surface area contributed by atoms with Crippen LogP contribution in [-0.2, 0) is 6.18 Å². The molecule has 1 atom stereocenters. The van der Waals surface area contributed by atoms with Gasteiger partial charge in [0, 0.05) is 5.02 Å². The topological polar surface area (TPSA) is 26.0 Å². The van der Waals surface area contributed by atoms with E-state index >= 15 is 0 Å². The van der Waals surface area contributed by atoms with E-state index in [2.05, 4.69) is 0 Å². The Morgan fingerprint density at radius 3 is 2.33 bits per heavy atom. The summed E-state index contributed by atoms with van der Waals surface area (Å²) >= 11 is 5.91. The molecule has 0 heterocycles. The molecule has 6 heteroatoms. The summed E-state index contributed by atoms with van der Waals surface area (Å²) in [6.07, 6.45) is -4.52. The monoisotopic (exact) mass is 317 g/mol. The predicted octanol–water partition coefficient (Wildman–Crippen LogP) is 4.85. The first-order chi connectivity index (χ1) is 9.71. The van der Waals surface area contributed by atoms with E-state index in [4.69, 9.17) is 17.3 Å². The highest BCUT2D eigenvalue weighted by Gasteiger charge is 2.34. The Labute approximate surface area is 124 Å². The fourth-order valence-corrected chi connectivity index (χ4v) is 2.38. The summed E-state index contributed by atoms with van der Waals surface area (Å²) < 4.78 is 52.4. The molecule has 0 aliphatic carbocycles. The van der Waals surface area contributed by atoms with Crippen molar-refractivity contribution in [3.05, 3.63) is 69.5 Å². The van der Waals surface area contributed by atoms with E-state index in [0.717, 1.165) is 12.1 Å². The molecular formula is C15H12ClF4N. The van der Waals surface area contributed by atoms with Gasteiger partial charge in [-0.3, -0.25) is 0 Å². The number of rotatable bonds is 2. The third-order valence-electron chi connectivity index (χ3n) is 3.21. The molecule has 0 spiro atoms. The van der Waals surface area contributed by atoms with Gasteiger partial charge in [-0.2, -0.15) is 13.2 Å². The molecule has 2 rings (SSSR count). The van der Waals surface area contributed by atoms with E-state index in [1.54, 1.807) is 0 Å². The minimum Gasteiger partial charge on any atom is -0.320 e. The second-order valence-electron chi connectivity index (χ2n) is 4.69. The largest absolute Gasteiger partial charge is 0.416 e. The number of aryl methyl sites for hydroxylation is 1. The molecule has 1 unspecified atom stereocenters. The van der Waals surface area contributed by atoms with Gasteiger partial charge in [-0.25, -0.2) is 4.39 Å². The van der Waals surface area contributed by atoms with Crippen LogP contribution in [0, 0.1) is 12.7 Å². The number of benzene rings is 2. The predicted molar refractivity (Wildman–Crippen MR) is 73.6 cm³/mol. The van der Waals surface area contributed by atoms with Gasteiger partial charge in [-0.05, 0) is 41.8 Å². The number of halogens is 5. The van der Waals surface area contributed by atoms with E-state index in [9.17, 15) is 17.6 Å². The van der Waals surface area contributed by atoms with Crippen LogP contribution in [0.5, 0.6) is 0 Å². The van der Waals surface area contributed by atoms with Crippen molar-refractivity contribution in [2.45, 2.75) is 19.1 Å². The van der Waals surface area contributed by atoms with Crippen LogP contribution in [0.2, 0.25) is 5.02 Å². The first-order valence-electron chi connectivity index (χ1n) is 6.09. The molecule has 0 saturated heterocycles. The lowest BCUT2D eigenvalue weighted by Gasteiger charge is -2.20. The van der Waals surface area contributed by atoms with E-state index in [1.807, 2.05) is 0 Å². The molecule has 0 radical (unpaired) electrons. The van der Waals surface area contributed by atoms with Gasteiger partial charge in [0.25, 0.3) is 0 Å². The lowest BCUT2D eigenvalue weighted by molar-refractivity contribution is -0.138. The zero-order valence-electron chi connectivity index (χ0n) is 11.0. The van der Waals surface area contributed by atoms with Gasteiger partial charge in [-0.1, -0.05) is 29.8 Å². The Hall–Kier alpha value is -1.59. The van der Waals surface area contributed by atoms with Crippen LogP contribution in [0.1, 0.15) is 28.3 Å². The van der Waals surface area contributed by atoms with Crippen LogP contribution >= 0.6 is 11.6 Å². The van der Waals surface area contributed by atoms with Crippen molar-refractivity contribution < 1.29 is 17.6 Å². The highest BCUT2D eigenvalue weighted by atomic mass is 35.5. The smallest absolute Gasteiger partial charge is 0.320 e. The van der Waals surface area contributed by atoms with Gasteiger partial charge >= 0.3 is 6.18 Å². The summed E-state index contributed by atoms with van der Waals surface area (Å²) in [5.74, 6) is -0.528. The molecule has 2 aromatic carbocycles. The molecule has 112 valence electrons. The Kier molecular flexibility index (Phi) is 4.25. The van der Waals surface area contributed by atoms with Crippen LogP contribution < -0.4 is 5.73 Å². The van der Waals surface area contributed by atoms with Crippen LogP contribution in [0.15, 0.2) is 36.4 Å². The number of hydrogen-bond donors (Lipinski definition) is 1. The molecule has 2 aromatic rings. The average molecular weight is 318 g/mol. The summed E-state index contributed by atoms with van der Waals surface area (Å²) in [6, 6.07) is 6.35. The molecule has 0 aliphatic heterocycles. The highest BCUT2D eigenvalue weighted by molar-refractivity contribution is 6.31. The number of nitrogens with two attached hydrogens (primary N) is 1. The molecule has 1 nitrogen and oxygen atoms in total. The van der Waals surface area contributed by atoms with E-state index in [0.29, 0.717) is 0 Å². The first-order valence-corrected chi connectivity index (χ1v) is 6.47. The minimum absolute atomic E-state index is 0.00239. The van der Waals surface area contributed by atoms with Crippen LogP contribution in [0.3, 0.4) is 0 Å². The fourth-order valence-electron chi connectivity index (χ4n) is 2.11. The van der Waals surface area contributed by atoms with Crippen molar-refractivity contribution in [1.82, 2.24) is 0 Å². The van der Waals surface area contributed by atoms with Crippen LogP contribution in [-0.4, -0.2) is 0 Å². The van der Waals surface area contributed by atoms with Gasteiger partial charge in [0.2, 0.25) is 0 Å². The Bertz CT molecular complexity index is 667. The third-order valence-corrected chi connectivity index (χ3v) is 3.54. The molecule has 0 fully saturated rings. The molecule has 0 aliphatic rings. The summed E-state index contributed by atoms with van der Waals surface area (Å²) in [7, 11) is 0. The van der Waals surface area contributed by atoms with Crippen molar-refractivity contribution in [2.75, 3.05) is 0 Å². The highest BCUT2D eigenvalue weighted by Crippen LogP contribution is 2.37. The van der Waals surface area contributed by atoms with Gasteiger partial charge in [0.15, 0.2) is 0 Å². The number of alkyl halides is 3. The lowest BCUT2D eigenvalue weighted by Crippen LogP contribution is -2.19. The molecule has 0 aromatic heterocycles. The molecule has 2 N–H and O–H groups in total. The maximum absolute atomic E-state index is 13.4. The van der Waals surface area contributed by atoms with Gasteiger partial charge in [0.1, 0.15) is 5.82 Å². The Morgan fingerprint density at radius 1 is 1.10 bits per heavy atom. The Balaban J connectivity index is 2.56. The second kappa shape index (κ2) is 5.66. The van der Waals surface area contributed by atoms with Crippen molar-refractivity contribution in [3.63, 3.8) is 0 Å². The van der Waals surface area contributed by atoms with Crippen LogP contribution in [0.25, 0.3) is 0 Å². The molecule has 0 saturated carbocycles. The van der Waals surface area contributed by atoms with Crippen molar-refractivity contribution in [3.8, 4) is 0 Å². The van der Waals surface area contributed by atoms with Crippen molar-refractivity contribution >= 4 is 11.6 Å². The molecular weight excluding hydrogens is 306 g/mol. The van der Waals surface area contributed by atoms with Crippen molar-refractivity contribution in [1.29, 1.82) is 0 Å². The molecule has 21 heavy (non-hydrogen) atoms. The second-order valence-corrected chi connectivity index (χ2v) is 5.09. The Morgan fingerprint density at radius 2 is 1.71 bits per heavy atom. The maximum Gasteiger partial charge on any atom is 0.416 e. The van der Waals surface area contributed by atoms with E-state index < -0.39 is 23.6 Å². The summed E-state index contributed by atoms with van der Waals surface area (Å²) in [6.45, 7) is 1.50. The van der Waals surface area contributed by atoms with Gasteiger partial charge < -0.3 is 5.73 Å². The minimum atomic E-state index is -4.52. The zero-order valence-corrected chi connectivity index (χ0v) is 11.8.